The molecule has 0 saturated carbocycles. The number of rotatable bonds is 8. The Labute approximate surface area is 185 Å². The molecule has 1 aromatic rings. The number of hydrogen-bond acceptors (Lipinski definition) is 6. The van der Waals surface area contributed by atoms with Crippen LogP contribution in [0.5, 0.6) is 5.75 Å². The minimum absolute atomic E-state index is 0.0813. The van der Waals surface area contributed by atoms with Crippen LogP contribution in [0.1, 0.15) is 32.3 Å². The van der Waals surface area contributed by atoms with Crippen LogP contribution in [0.25, 0.3) is 0 Å². The smallest absolute Gasteiger partial charge is 0.246 e. The predicted molar refractivity (Wildman–Crippen MR) is 119 cm³/mol. The number of benzene rings is 1. The molecule has 2 saturated heterocycles. The van der Waals surface area contributed by atoms with Crippen molar-refractivity contribution in [3.05, 3.63) is 23.8 Å². The number of carbonyl (C=O) groups is 1. The summed E-state index contributed by atoms with van der Waals surface area (Å²) in [6.45, 7) is 8.89. The van der Waals surface area contributed by atoms with E-state index in [2.05, 4.69) is 24.1 Å². The summed E-state index contributed by atoms with van der Waals surface area (Å²) in [6, 6.07) is 5.11. The van der Waals surface area contributed by atoms with Crippen LogP contribution in [0.4, 0.5) is 0 Å². The molecule has 0 unspecified atom stereocenters. The van der Waals surface area contributed by atoms with Gasteiger partial charge in [0.25, 0.3) is 0 Å². The number of piperidine rings is 1. The number of amides is 1. The molecule has 1 aromatic carbocycles. The van der Waals surface area contributed by atoms with Gasteiger partial charge in [-0.25, -0.2) is 8.42 Å². The lowest BCUT2D eigenvalue weighted by Gasteiger charge is -2.33. The second-order valence-electron chi connectivity index (χ2n) is 8.71. The molecular weight excluding hydrogens is 418 g/mol. The number of sulfonamides is 1. The van der Waals surface area contributed by atoms with Crippen molar-refractivity contribution >= 4 is 15.9 Å². The normalized spacial score (nSPS) is 19.5. The van der Waals surface area contributed by atoms with E-state index >= 15 is 0 Å². The molecule has 1 amide bonds. The molecule has 174 valence electrons. The van der Waals surface area contributed by atoms with Gasteiger partial charge in [-0.05, 0) is 36.5 Å². The molecule has 1 N–H and O–H groups in total. The summed E-state index contributed by atoms with van der Waals surface area (Å²) < 4.78 is 38.2. The van der Waals surface area contributed by atoms with Crippen LogP contribution < -0.4 is 10.1 Å². The SMILES string of the molecule is COc1ccc(CC(=O)NC2CCN(CC(C)C)CC2)cc1S(=O)(=O)N1CCOCC1. The maximum Gasteiger partial charge on any atom is 0.246 e. The molecule has 0 atom stereocenters. The van der Waals surface area contributed by atoms with Crippen molar-refractivity contribution in [1.29, 1.82) is 0 Å². The highest BCUT2D eigenvalue weighted by Crippen LogP contribution is 2.28. The first kappa shape index (κ1) is 24.0. The summed E-state index contributed by atoms with van der Waals surface area (Å²) in [4.78, 5) is 15.2. The van der Waals surface area contributed by atoms with Gasteiger partial charge in [-0.3, -0.25) is 4.79 Å². The third-order valence-electron chi connectivity index (χ3n) is 5.76. The first-order valence-electron chi connectivity index (χ1n) is 11.1. The van der Waals surface area contributed by atoms with E-state index in [0.717, 1.165) is 32.5 Å². The van der Waals surface area contributed by atoms with Crippen molar-refractivity contribution in [3.8, 4) is 5.75 Å². The number of likely N-dealkylation sites (tertiary alicyclic amines) is 1. The number of ether oxygens (including phenoxy) is 2. The van der Waals surface area contributed by atoms with Crippen LogP contribution in [0.2, 0.25) is 0 Å². The number of methoxy groups -OCH3 is 1. The van der Waals surface area contributed by atoms with Crippen LogP contribution in [-0.4, -0.2) is 82.6 Å². The molecule has 0 bridgehead atoms. The molecule has 2 aliphatic rings. The Morgan fingerprint density at radius 2 is 1.87 bits per heavy atom. The molecule has 0 aromatic heterocycles. The zero-order chi connectivity index (χ0) is 22.4. The highest BCUT2D eigenvalue weighted by molar-refractivity contribution is 7.89. The van der Waals surface area contributed by atoms with Crippen LogP contribution in [0.15, 0.2) is 23.1 Å². The van der Waals surface area contributed by atoms with E-state index in [1.165, 1.54) is 11.4 Å². The lowest BCUT2D eigenvalue weighted by molar-refractivity contribution is -0.121. The van der Waals surface area contributed by atoms with Gasteiger partial charge in [0, 0.05) is 38.8 Å². The van der Waals surface area contributed by atoms with Gasteiger partial charge in [0.1, 0.15) is 10.6 Å². The van der Waals surface area contributed by atoms with Gasteiger partial charge < -0.3 is 19.7 Å². The highest BCUT2D eigenvalue weighted by Gasteiger charge is 2.30. The van der Waals surface area contributed by atoms with E-state index in [1.807, 2.05) is 0 Å². The van der Waals surface area contributed by atoms with Crippen molar-refractivity contribution in [3.63, 3.8) is 0 Å². The Morgan fingerprint density at radius 1 is 1.19 bits per heavy atom. The van der Waals surface area contributed by atoms with Crippen LogP contribution in [-0.2, 0) is 26.0 Å². The van der Waals surface area contributed by atoms with Gasteiger partial charge in [0.2, 0.25) is 15.9 Å². The van der Waals surface area contributed by atoms with Crippen molar-refractivity contribution < 1.29 is 22.7 Å². The Hall–Kier alpha value is -1.68. The summed E-state index contributed by atoms with van der Waals surface area (Å²) in [7, 11) is -2.27. The summed E-state index contributed by atoms with van der Waals surface area (Å²) >= 11 is 0. The molecular formula is C22H35N3O5S. The Balaban J connectivity index is 1.63. The first-order chi connectivity index (χ1) is 14.8. The fraction of sp³-hybridized carbons (Fsp3) is 0.682. The van der Waals surface area contributed by atoms with E-state index in [4.69, 9.17) is 9.47 Å². The number of morpholine rings is 1. The summed E-state index contributed by atoms with van der Waals surface area (Å²) in [5, 5.41) is 3.12. The fourth-order valence-electron chi connectivity index (χ4n) is 4.20. The Kier molecular flexibility index (Phi) is 8.32. The lowest BCUT2D eigenvalue weighted by atomic mass is 10.0. The largest absolute Gasteiger partial charge is 0.495 e. The maximum absolute atomic E-state index is 13.1. The maximum atomic E-state index is 13.1. The second kappa shape index (κ2) is 10.8. The highest BCUT2D eigenvalue weighted by atomic mass is 32.2. The number of hydrogen-bond donors (Lipinski definition) is 1. The van der Waals surface area contributed by atoms with Crippen molar-refractivity contribution in [2.45, 2.75) is 44.0 Å². The van der Waals surface area contributed by atoms with Gasteiger partial charge in [0.15, 0.2) is 0 Å². The van der Waals surface area contributed by atoms with Crippen molar-refractivity contribution in [2.24, 2.45) is 5.92 Å². The molecule has 3 rings (SSSR count). The molecule has 8 nitrogen and oxygen atoms in total. The minimum Gasteiger partial charge on any atom is -0.495 e. The van der Waals surface area contributed by atoms with E-state index < -0.39 is 10.0 Å². The summed E-state index contributed by atoms with van der Waals surface area (Å²) in [6.07, 6.45) is 2.03. The number of carbonyl (C=O) groups excluding carboxylic acids is 1. The fourth-order valence-corrected chi connectivity index (χ4v) is 5.81. The number of nitrogens with zero attached hydrogens (tertiary/aromatic N) is 2. The third-order valence-corrected chi connectivity index (χ3v) is 7.68. The Bertz CT molecular complexity index is 845. The molecule has 0 radical (unpaired) electrons. The third kappa shape index (κ3) is 6.41. The van der Waals surface area contributed by atoms with Crippen LogP contribution in [0.3, 0.4) is 0 Å². The lowest BCUT2D eigenvalue weighted by Crippen LogP contribution is -2.45. The topological polar surface area (TPSA) is 88.2 Å². The molecule has 2 fully saturated rings. The zero-order valence-electron chi connectivity index (χ0n) is 18.8. The molecule has 9 heteroatoms. The molecule has 2 aliphatic heterocycles. The molecule has 31 heavy (non-hydrogen) atoms. The quantitative estimate of drug-likeness (QED) is 0.642. The van der Waals surface area contributed by atoms with E-state index in [-0.39, 0.29) is 29.0 Å². The van der Waals surface area contributed by atoms with Crippen LogP contribution in [0, 0.1) is 5.92 Å². The van der Waals surface area contributed by atoms with Crippen molar-refractivity contribution in [2.75, 3.05) is 53.0 Å². The Morgan fingerprint density at radius 3 is 2.48 bits per heavy atom. The van der Waals surface area contributed by atoms with E-state index in [0.29, 0.717) is 37.8 Å². The first-order valence-corrected chi connectivity index (χ1v) is 12.5. The van der Waals surface area contributed by atoms with Crippen LogP contribution >= 0.6 is 0 Å². The average molecular weight is 454 g/mol. The monoisotopic (exact) mass is 453 g/mol. The van der Waals surface area contributed by atoms with Gasteiger partial charge >= 0.3 is 0 Å². The van der Waals surface area contributed by atoms with Gasteiger partial charge in [-0.2, -0.15) is 4.31 Å². The summed E-state index contributed by atoms with van der Waals surface area (Å²) in [5.74, 6) is 0.847. The summed E-state index contributed by atoms with van der Waals surface area (Å²) in [5.41, 5.74) is 0.655. The molecule has 2 heterocycles. The van der Waals surface area contributed by atoms with Gasteiger partial charge in [0.05, 0.1) is 26.7 Å². The van der Waals surface area contributed by atoms with Gasteiger partial charge in [-0.1, -0.05) is 19.9 Å². The standard InChI is InChI=1S/C22H35N3O5S/c1-17(2)16-24-8-6-19(7-9-24)23-22(26)15-18-4-5-20(29-3)21(14-18)31(27,28)25-10-12-30-13-11-25/h4-5,14,17,19H,6-13,15-16H2,1-3H3,(H,23,26). The molecule has 0 spiro atoms. The second-order valence-corrected chi connectivity index (χ2v) is 10.6. The predicted octanol–water partition coefficient (Wildman–Crippen LogP) is 1.50. The van der Waals surface area contributed by atoms with E-state index in [1.54, 1.807) is 18.2 Å². The number of nitrogens with one attached hydrogen (secondary N) is 1. The zero-order valence-corrected chi connectivity index (χ0v) is 19.6. The van der Waals surface area contributed by atoms with E-state index in [9.17, 15) is 13.2 Å². The average Bonchev–Trinajstić information content (AvgIpc) is 2.75. The van der Waals surface area contributed by atoms with Crippen molar-refractivity contribution in [1.82, 2.24) is 14.5 Å². The molecule has 0 aliphatic carbocycles. The minimum atomic E-state index is -3.72. The van der Waals surface area contributed by atoms with Gasteiger partial charge in [-0.15, -0.1) is 0 Å².